The Kier molecular flexibility index (Phi) is 2.83. The van der Waals surface area contributed by atoms with Crippen LogP contribution in [0.4, 0.5) is 11.4 Å². The molecular formula is C11H9N5O. The molecule has 0 saturated heterocycles. The summed E-state index contributed by atoms with van der Waals surface area (Å²) in [4.78, 5) is 11.3. The van der Waals surface area contributed by atoms with E-state index in [4.69, 9.17) is 5.26 Å². The van der Waals surface area contributed by atoms with E-state index in [-0.39, 0.29) is 11.2 Å². The number of rotatable bonds is 2. The molecule has 0 bridgehead atoms. The topological polar surface area (TPSA) is 97.2 Å². The molecule has 17 heavy (non-hydrogen) atoms. The number of aromatic nitrogens is 2. The maximum Gasteiger partial charge on any atom is 0.291 e. The van der Waals surface area contributed by atoms with Crippen LogP contribution in [0.1, 0.15) is 11.3 Å². The number of aromatic amines is 2. The van der Waals surface area contributed by atoms with Gasteiger partial charge < -0.3 is 5.10 Å². The van der Waals surface area contributed by atoms with Crippen molar-refractivity contribution in [1.29, 1.82) is 5.26 Å². The molecule has 1 aromatic carbocycles. The van der Waals surface area contributed by atoms with Crippen LogP contribution in [0.2, 0.25) is 0 Å². The van der Waals surface area contributed by atoms with Gasteiger partial charge in [0, 0.05) is 0 Å². The number of hydrogen-bond acceptors (Lipinski definition) is 4. The Morgan fingerprint density at radius 3 is 2.65 bits per heavy atom. The Hall–Kier alpha value is -2.68. The molecule has 0 fully saturated rings. The quantitative estimate of drug-likeness (QED) is 0.769. The predicted molar refractivity (Wildman–Crippen MR) is 61.5 cm³/mol. The van der Waals surface area contributed by atoms with Gasteiger partial charge in [-0.05, 0) is 19.1 Å². The zero-order valence-electron chi connectivity index (χ0n) is 9.06. The molecule has 0 atom stereocenters. The second-order valence-corrected chi connectivity index (χ2v) is 3.38. The highest BCUT2D eigenvalue weighted by molar-refractivity contribution is 5.52. The molecule has 0 aliphatic rings. The van der Waals surface area contributed by atoms with Crippen LogP contribution >= 0.6 is 0 Å². The molecule has 2 rings (SSSR count). The molecule has 0 aliphatic heterocycles. The summed E-state index contributed by atoms with van der Waals surface area (Å²) >= 11 is 0. The molecule has 2 N–H and O–H groups in total. The Balaban J connectivity index is 2.40. The summed E-state index contributed by atoms with van der Waals surface area (Å²) < 4.78 is 0. The van der Waals surface area contributed by atoms with E-state index < -0.39 is 0 Å². The minimum Gasteiger partial charge on any atom is -0.300 e. The number of nitrogens with one attached hydrogen (secondary N) is 2. The summed E-state index contributed by atoms with van der Waals surface area (Å²) in [5.41, 5.74) is 1.35. The Bertz CT molecular complexity index is 659. The molecule has 6 heteroatoms. The Labute approximate surface area is 96.6 Å². The van der Waals surface area contributed by atoms with E-state index in [1.165, 1.54) is 0 Å². The lowest BCUT2D eigenvalue weighted by atomic mass is 10.2. The number of nitriles is 1. The lowest BCUT2D eigenvalue weighted by molar-refractivity contribution is 1.02. The van der Waals surface area contributed by atoms with Gasteiger partial charge in [-0.25, -0.2) is 0 Å². The molecule has 0 spiro atoms. The third kappa shape index (κ3) is 2.13. The van der Waals surface area contributed by atoms with E-state index in [0.717, 1.165) is 0 Å². The van der Waals surface area contributed by atoms with E-state index in [2.05, 4.69) is 20.4 Å². The minimum atomic E-state index is -0.333. The fourth-order valence-electron chi connectivity index (χ4n) is 1.32. The lowest BCUT2D eigenvalue weighted by Crippen LogP contribution is -1.96. The average molecular weight is 227 g/mol. The van der Waals surface area contributed by atoms with E-state index in [9.17, 15) is 4.79 Å². The predicted octanol–water partition coefficient (Wildman–Crippen LogP) is 2.30. The summed E-state index contributed by atoms with van der Waals surface area (Å²) in [5, 5.41) is 21.7. The van der Waals surface area contributed by atoms with E-state index in [0.29, 0.717) is 16.9 Å². The van der Waals surface area contributed by atoms with Crippen LogP contribution in [-0.2, 0) is 0 Å². The van der Waals surface area contributed by atoms with Gasteiger partial charge >= 0.3 is 0 Å². The van der Waals surface area contributed by atoms with Crippen LogP contribution in [0.5, 0.6) is 0 Å². The molecule has 6 nitrogen and oxygen atoms in total. The number of hydrogen-bond donors (Lipinski definition) is 2. The molecule has 0 aliphatic carbocycles. The first-order chi connectivity index (χ1) is 8.22. The van der Waals surface area contributed by atoms with Gasteiger partial charge in [-0.1, -0.05) is 12.1 Å². The van der Waals surface area contributed by atoms with Crippen LogP contribution in [0.3, 0.4) is 0 Å². The summed E-state index contributed by atoms with van der Waals surface area (Å²) in [6.45, 7) is 1.71. The van der Waals surface area contributed by atoms with Crippen molar-refractivity contribution < 1.29 is 0 Å². The third-order valence-corrected chi connectivity index (χ3v) is 2.22. The standard InChI is InChI=1S/C11H9N5O/c1-7-10(11(17)16-13-7)15-14-9-5-3-2-4-8(9)6-12/h2-5H,1H3,(H2,13,16,17). The number of nitrogens with zero attached hydrogens (tertiary/aromatic N) is 3. The molecule has 0 unspecified atom stereocenters. The second kappa shape index (κ2) is 4.45. The van der Waals surface area contributed by atoms with Gasteiger partial charge in [-0.15, -0.1) is 10.2 Å². The number of benzene rings is 1. The summed E-state index contributed by atoms with van der Waals surface area (Å²) in [5.74, 6) is 0. The van der Waals surface area contributed by atoms with E-state index >= 15 is 0 Å². The first kappa shape index (κ1) is 10.8. The van der Waals surface area contributed by atoms with Gasteiger partial charge in [0.15, 0.2) is 5.69 Å². The molecule has 2 aromatic rings. The lowest BCUT2D eigenvalue weighted by Gasteiger charge is -1.93. The maximum absolute atomic E-state index is 11.3. The minimum absolute atomic E-state index is 0.220. The summed E-state index contributed by atoms with van der Waals surface area (Å²) in [6.07, 6.45) is 0. The van der Waals surface area contributed by atoms with Crippen molar-refractivity contribution in [1.82, 2.24) is 10.2 Å². The van der Waals surface area contributed by atoms with Crippen LogP contribution in [0, 0.1) is 18.3 Å². The number of H-pyrrole nitrogens is 2. The van der Waals surface area contributed by atoms with Crippen molar-refractivity contribution in [3.63, 3.8) is 0 Å². The van der Waals surface area contributed by atoms with Gasteiger partial charge in [0.25, 0.3) is 5.56 Å². The first-order valence-electron chi connectivity index (χ1n) is 4.90. The fourth-order valence-corrected chi connectivity index (χ4v) is 1.32. The van der Waals surface area contributed by atoms with E-state index in [1.807, 2.05) is 6.07 Å². The molecule has 0 saturated carbocycles. The molecule has 0 radical (unpaired) electrons. The molecule has 84 valence electrons. The monoisotopic (exact) mass is 227 g/mol. The van der Waals surface area contributed by atoms with Gasteiger partial charge in [0.1, 0.15) is 11.8 Å². The highest BCUT2D eigenvalue weighted by Gasteiger charge is 2.04. The van der Waals surface area contributed by atoms with Crippen LogP contribution in [-0.4, -0.2) is 10.2 Å². The summed E-state index contributed by atoms with van der Waals surface area (Å²) in [7, 11) is 0. The van der Waals surface area contributed by atoms with Crippen molar-refractivity contribution >= 4 is 11.4 Å². The third-order valence-electron chi connectivity index (χ3n) is 2.22. The molecule has 1 aromatic heterocycles. The smallest absolute Gasteiger partial charge is 0.291 e. The van der Waals surface area contributed by atoms with Crippen LogP contribution in [0.15, 0.2) is 39.3 Å². The van der Waals surface area contributed by atoms with Crippen molar-refractivity contribution in [3.05, 3.63) is 45.9 Å². The molecule has 0 amide bonds. The van der Waals surface area contributed by atoms with Gasteiger partial charge in [-0.3, -0.25) is 9.89 Å². The Morgan fingerprint density at radius 2 is 2.00 bits per heavy atom. The van der Waals surface area contributed by atoms with Crippen molar-refractivity contribution in [2.24, 2.45) is 10.2 Å². The van der Waals surface area contributed by atoms with Crippen molar-refractivity contribution in [2.45, 2.75) is 6.92 Å². The largest absolute Gasteiger partial charge is 0.300 e. The SMILES string of the molecule is Cc1[nH][nH]c(=O)c1N=Nc1ccccc1C#N. The number of aryl methyl sites for hydroxylation is 1. The Morgan fingerprint density at radius 1 is 1.24 bits per heavy atom. The summed E-state index contributed by atoms with van der Waals surface area (Å²) in [6, 6.07) is 8.81. The first-order valence-corrected chi connectivity index (χ1v) is 4.90. The molecule has 1 heterocycles. The highest BCUT2D eigenvalue weighted by Crippen LogP contribution is 2.20. The zero-order valence-corrected chi connectivity index (χ0v) is 9.06. The van der Waals surface area contributed by atoms with Crippen molar-refractivity contribution in [2.75, 3.05) is 0 Å². The van der Waals surface area contributed by atoms with Gasteiger partial charge in [-0.2, -0.15) is 5.26 Å². The zero-order chi connectivity index (χ0) is 12.3. The van der Waals surface area contributed by atoms with Crippen molar-refractivity contribution in [3.8, 4) is 6.07 Å². The fraction of sp³-hybridized carbons (Fsp3) is 0.0909. The van der Waals surface area contributed by atoms with Gasteiger partial charge in [0.05, 0.1) is 11.3 Å². The van der Waals surface area contributed by atoms with E-state index in [1.54, 1.807) is 31.2 Å². The highest BCUT2D eigenvalue weighted by atomic mass is 16.1. The average Bonchev–Trinajstić information content (AvgIpc) is 2.67. The van der Waals surface area contributed by atoms with Crippen LogP contribution in [0.25, 0.3) is 0 Å². The molecular weight excluding hydrogens is 218 g/mol. The maximum atomic E-state index is 11.3. The normalized spacial score (nSPS) is 10.6. The second-order valence-electron chi connectivity index (χ2n) is 3.38. The number of azo groups is 1. The van der Waals surface area contributed by atoms with Crippen LogP contribution < -0.4 is 5.56 Å². The van der Waals surface area contributed by atoms with Gasteiger partial charge in [0.2, 0.25) is 0 Å².